The molecule has 0 saturated heterocycles. The predicted molar refractivity (Wildman–Crippen MR) is 84.5 cm³/mol. The zero-order chi connectivity index (χ0) is 14.9. The van der Waals surface area contributed by atoms with Gasteiger partial charge in [0.15, 0.2) is 5.78 Å². The number of Topliss-reactive ketones (excluding diaryl/α,β-unsaturated/α-hetero) is 1. The Hall–Kier alpha value is -1.13. The van der Waals surface area contributed by atoms with E-state index < -0.39 is 0 Å². The van der Waals surface area contributed by atoms with Gasteiger partial charge in [0.1, 0.15) is 0 Å². The highest BCUT2D eigenvalue weighted by atomic mass is 79.9. The molecule has 0 bridgehead atoms. The molecule has 0 aliphatic rings. The number of rotatable bonds is 4. The number of ketones is 1. The minimum atomic E-state index is 0.0522. The van der Waals surface area contributed by atoms with E-state index in [0.717, 1.165) is 33.4 Å². The predicted octanol–water partition coefficient (Wildman–Crippen LogP) is 4.13. The van der Waals surface area contributed by atoms with Gasteiger partial charge in [-0.2, -0.15) is 5.10 Å². The molecule has 5 heteroatoms. The van der Waals surface area contributed by atoms with Crippen LogP contribution in [0.25, 0.3) is 0 Å². The van der Waals surface area contributed by atoms with Crippen LogP contribution in [0.1, 0.15) is 34.2 Å². The average molecular weight is 356 g/mol. The Morgan fingerprint density at radius 3 is 2.75 bits per heavy atom. The number of hydrogen-bond acceptors (Lipinski definition) is 2. The van der Waals surface area contributed by atoms with Gasteiger partial charge in [0.25, 0.3) is 0 Å². The van der Waals surface area contributed by atoms with Gasteiger partial charge >= 0.3 is 0 Å². The molecule has 0 aliphatic carbocycles. The van der Waals surface area contributed by atoms with Crippen LogP contribution in [0.2, 0.25) is 5.02 Å². The maximum absolute atomic E-state index is 12.5. The van der Waals surface area contributed by atoms with Gasteiger partial charge in [-0.1, -0.05) is 40.5 Å². The first-order chi connectivity index (χ1) is 9.43. The van der Waals surface area contributed by atoms with E-state index in [0.29, 0.717) is 5.02 Å². The third-order valence-corrected chi connectivity index (χ3v) is 4.26. The fourth-order valence-electron chi connectivity index (χ4n) is 2.15. The summed E-state index contributed by atoms with van der Waals surface area (Å²) in [6.45, 7) is 3.93. The second kappa shape index (κ2) is 6.10. The van der Waals surface area contributed by atoms with Gasteiger partial charge in [0, 0.05) is 17.1 Å². The third kappa shape index (κ3) is 2.96. The summed E-state index contributed by atoms with van der Waals surface area (Å²) in [7, 11) is 1.82. The summed E-state index contributed by atoms with van der Waals surface area (Å²) in [5.41, 5.74) is 3.29. The molecule has 2 rings (SSSR count). The Labute approximate surface area is 132 Å². The second-order valence-electron chi connectivity index (χ2n) is 4.74. The van der Waals surface area contributed by atoms with Crippen LogP contribution < -0.4 is 0 Å². The summed E-state index contributed by atoms with van der Waals surface area (Å²) in [5, 5.41) is 4.95. The van der Waals surface area contributed by atoms with E-state index in [2.05, 4.69) is 21.0 Å². The Morgan fingerprint density at radius 2 is 2.15 bits per heavy atom. The largest absolute Gasteiger partial charge is 0.294 e. The number of hydrogen-bond donors (Lipinski definition) is 0. The van der Waals surface area contributed by atoms with Crippen LogP contribution in [-0.2, 0) is 19.9 Å². The number of halogens is 2. The van der Waals surface area contributed by atoms with Crippen LogP contribution in [0.15, 0.2) is 22.7 Å². The van der Waals surface area contributed by atoms with E-state index in [1.807, 2.05) is 39.1 Å². The zero-order valence-corrected chi connectivity index (χ0v) is 14.0. The molecular formula is C15H16BrClN2O. The summed E-state index contributed by atoms with van der Waals surface area (Å²) in [4.78, 5) is 12.5. The molecule has 0 saturated carbocycles. The van der Waals surface area contributed by atoms with E-state index in [-0.39, 0.29) is 12.2 Å². The molecule has 0 fully saturated rings. The number of carbonyl (C=O) groups is 1. The lowest BCUT2D eigenvalue weighted by atomic mass is 10.0. The summed E-state index contributed by atoms with van der Waals surface area (Å²) in [5.74, 6) is 0.0522. The normalized spacial score (nSPS) is 10.8. The molecule has 0 N–H and O–H groups in total. The van der Waals surface area contributed by atoms with Gasteiger partial charge in [-0.15, -0.1) is 0 Å². The Balaban J connectivity index is 2.33. The number of nitrogens with zero attached hydrogens (tertiary/aromatic N) is 2. The van der Waals surface area contributed by atoms with Crippen molar-refractivity contribution >= 4 is 33.3 Å². The molecule has 0 aliphatic heterocycles. The number of benzene rings is 1. The smallest absolute Gasteiger partial charge is 0.169 e. The van der Waals surface area contributed by atoms with Crippen LogP contribution in [0.5, 0.6) is 0 Å². The van der Waals surface area contributed by atoms with Crippen molar-refractivity contribution in [3.63, 3.8) is 0 Å². The van der Waals surface area contributed by atoms with Crippen LogP contribution in [0, 0.1) is 6.92 Å². The summed E-state index contributed by atoms with van der Waals surface area (Å²) in [6.07, 6.45) is 1.02. The highest BCUT2D eigenvalue weighted by Gasteiger charge is 2.18. The quantitative estimate of drug-likeness (QED) is 0.773. The van der Waals surface area contributed by atoms with Gasteiger partial charge in [0.05, 0.1) is 22.8 Å². The standard InChI is InChI=1S/C15H16BrClN2O/c1-4-12-15(17)13(19(3)18-12)8-14(20)11-7-10(16)6-5-9(11)2/h5-7H,4,8H2,1-3H3. The molecule has 0 amide bonds. The molecule has 0 radical (unpaired) electrons. The number of aryl methyl sites for hydroxylation is 3. The van der Waals surface area contributed by atoms with E-state index in [1.165, 1.54) is 0 Å². The minimum Gasteiger partial charge on any atom is -0.294 e. The lowest BCUT2D eigenvalue weighted by Gasteiger charge is -2.06. The summed E-state index contributed by atoms with van der Waals surface area (Å²) < 4.78 is 2.60. The fourth-order valence-corrected chi connectivity index (χ4v) is 2.88. The summed E-state index contributed by atoms with van der Waals surface area (Å²) in [6, 6.07) is 5.71. The molecule has 20 heavy (non-hydrogen) atoms. The molecule has 0 spiro atoms. The SMILES string of the molecule is CCc1nn(C)c(CC(=O)c2cc(Br)ccc2C)c1Cl. The van der Waals surface area contributed by atoms with Gasteiger partial charge in [-0.3, -0.25) is 9.48 Å². The Kier molecular flexibility index (Phi) is 4.66. The van der Waals surface area contributed by atoms with Crippen LogP contribution >= 0.6 is 27.5 Å². The first-order valence-corrected chi connectivity index (χ1v) is 7.60. The van der Waals surface area contributed by atoms with Crippen molar-refractivity contribution in [2.45, 2.75) is 26.7 Å². The number of aromatic nitrogens is 2. The zero-order valence-electron chi connectivity index (χ0n) is 11.7. The third-order valence-electron chi connectivity index (χ3n) is 3.33. The molecule has 3 nitrogen and oxygen atoms in total. The van der Waals surface area contributed by atoms with Crippen LogP contribution in [-0.4, -0.2) is 15.6 Å². The van der Waals surface area contributed by atoms with Crippen molar-refractivity contribution in [3.05, 3.63) is 50.2 Å². The van der Waals surface area contributed by atoms with Gasteiger partial charge < -0.3 is 0 Å². The van der Waals surface area contributed by atoms with Crippen molar-refractivity contribution in [2.75, 3.05) is 0 Å². The van der Waals surface area contributed by atoms with E-state index >= 15 is 0 Å². The molecule has 106 valence electrons. The first kappa shape index (κ1) is 15.3. The molecule has 0 unspecified atom stereocenters. The van der Waals surface area contributed by atoms with Crippen LogP contribution in [0.4, 0.5) is 0 Å². The molecule has 0 atom stereocenters. The highest BCUT2D eigenvalue weighted by Crippen LogP contribution is 2.24. The van der Waals surface area contributed by atoms with Crippen LogP contribution in [0.3, 0.4) is 0 Å². The monoisotopic (exact) mass is 354 g/mol. The van der Waals surface area contributed by atoms with E-state index in [1.54, 1.807) is 4.68 Å². The molecular weight excluding hydrogens is 340 g/mol. The topological polar surface area (TPSA) is 34.9 Å². The maximum atomic E-state index is 12.5. The Morgan fingerprint density at radius 1 is 1.45 bits per heavy atom. The van der Waals surface area contributed by atoms with Crippen molar-refractivity contribution in [1.82, 2.24) is 9.78 Å². The van der Waals surface area contributed by atoms with Crippen molar-refractivity contribution < 1.29 is 4.79 Å². The van der Waals surface area contributed by atoms with Gasteiger partial charge in [-0.25, -0.2) is 0 Å². The van der Waals surface area contributed by atoms with Gasteiger partial charge in [-0.05, 0) is 31.0 Å². The lowest BCUT2D eigenvalue weighted by Crippen LogP contribution is -2.09. The highest BCUT2D eigenvalue weighted by molar-refractivity contribution is 9.10. The molecule has 1 aromatic carbocycles. The summed E-state index contributed by atoms with van der Waals surface area (Å²) >= 11 is 9.69. The average Bonchev–Trinajstić information content (AvgIpc) is 2.68. The van der Waals surface area contributed by atoms with Crippen molar-refractivity contribution in [3.8, 4) is 0 Å². The van der Waals surface area contributed by atoms with E-state index in [9.17, 15) is 4.79 Å². The van der Waals surface area contributed by atoms with Crippen molar-refractivity contribution in [2.24, 2.45) is 7.05 Å². The fraction of sp³-hybridized carbons (Fsp3) is 0.333. The van der Waals surface area contributed by atoms with Gasteiger partial charge in [0.2, 0.25) is 0 Å². The Bertz CT molecular complexity index is 664. The molecule has 1 aromatic heterocycles. The second-order valence-corrected chi connectivity index (χ2v) is 6.04. The maximum Gasteiger partial charge on any atom is 0.169 e. The van der Waals surface area contributed by atoms with E-state index in [4.69, 9.17) is 11.6 Å². The minimum absolute atomic E-state index is 0.0522. The number of carbonyl (C=O) groups excluding carboxylic acids is 1. The molecule has 2 aromatic rings. The van der Waals surface area contributed by atoms with Crippen molar-refractivity contribution in [1.29, 1.82) is 0 Å². The lowest BCUT2D eigenvalue weighted by molar-refractivity contribution is 0.0990. The molecule has 1 heterocycles. The first-order valence-electron chi connectivity index (χ1n) is 6.43.